The van der Waals surface area contributed by atoms with Crippen molar-refractivity contribution in [1.82, 2.24) is 5.32 Å². The van der Waals surface area contributed by atoms with E-state index in [9.17, 15) is 9.59 Å². The fourth-order valence-corrected chi connectivity index (χ4v) is 6.07. The van der Waals surface area contributed by atoms with Crippen molar-refractivity contribution >= 4 is 23.2 Å². The molecule has 6 heteroatoms. The summed E-state index contributed by atoms with van der Waals surface area (Å²) in [6, 6.07) is 13.3. The SMILES string of the molecule is COc1cc(C2C3=C(CC(C)(C)CC3=O)NC3=C2C(=O)CC(C)(C)C3)ccc1OCc1ccc(Cl)cc1. The molecule has 0 atom stereocenters. The largest absolute Gasteiger partial charge is 0.493 e. The highest BCUT2D eigenvalue weighted by Gasteiger charge is 2.46. The second-order valence-electron chi connectivity index (χ2n) is 12.0. The molecule has 0 saturated heterocycles. The standard InChI is InChI=1S/C31H34ClNO4/c1-30(2)13-21-28(23(34)15-30)27(29-22(33-21)14-31(3,4)16-24(29)35)19-8-11-25(26(12-19)36-5)37-17-18-6-9-20(32)10-7-18/h6-12,27,33H,13-17H2,1-5H3. The van der Waals surface area contributed by atoms with E-state index in [1.54, 1.807) is 7.11 Å². The van der Waals surface area contributed by atoms with Crippen molar-refractivity contribution < 1.29 is 19.1 Å². The quantitative estimate of drug-likeness (QED) is 0.465. The van der Waals surface area contributed by atoms with E-state index in [1.807, 2.05) is 42.5 Å². The molecule has 0 unspecified atom stereocenters. The van der Waals surface area contributed by atoms with Crippen molar-refractivity contribution in [3.63, 3.8) is 0 Å². The van der Waals surface area contributed by atoms with E-state index >= 15 is 0 Å². The van der Waals surface area contributed by atoms with Crippen molar-refractivity contribution in [1.29, 1.82) is 0 Å². The van der Waals surface area contributed by atoms with Gasteiger partial charge >= 0.3 is 0 Å². The minimum Gasteiger partial charge on any atom is -0.493 e. The number of hydrogen-bond donors (Lipinski definition) is 1. The predicted molar refractivity (Wildman–Crippen MR) is 145 cm³/mol. The van der Waals surface area contributed by atoms with Crippen molar-refractivity contribution in [2.75, 3.05) is 7.11 Å². The van der Waals surface area contributed by atoms with E-state index < -0.39 is 5.92 Å². The number of allylic oxidation sites excluding steroid dienone is 4. The van der Waals surface area contributed by atoms with Gasteiger partial charge in [-0.05, 0) is 59.1 Å². The number of dihydropyridines is 1. The van der Waals surface area contributed by atoms with Gasteiger partial charge in [-0.2, -0.15) is 0 Å². The number of methoxy groups -OCH3 is 1. The number of benzene rings is 2. The summed E-state index contributed by atoms with van der Waals surface area (Å²) >= 11 is 6.00. The number of ether oxygens (including phenoxy) is 2. The molecule has 0 amide bonds. The summed E-state index contributed by atoms with van der Waals surface area (Å²) in [6.45, 7) is 8.87. The van der Waals surface area contributed by atoms with Crippen molar-refractivity contribution in [3.8, 4) is 11.5 Å². The first-order chi connectivity index (χ1) is 17.5. The smallest absolute Gasteiger partial charge is 0.162 e. The van der Waals surface area contributed by atoms with Gasteiger partial charge in [0.25, 0.3) is 0 Å². The van der Waals surface area contributed by atoms with E-state index in [0.717, 1.165) is 46.5 Å². The van der Waals surface area contributed by atoms with Gasteiger partial charge in [-0.25, -0.2) is 0 Å². The van der Waals surface area contributed by atoms with E-state index in [-0.39, 0.29) is 22.4 Å². The number of carbonyl (C=O) groups is 2. The van der Waals surface area contributed by atoms with Gasteiger partial charge in [-0.1, -0.05) is 57.5 Å². The lowest BCUT2D eigenvalue weighted by molar-refractivity contribution is -0.119. The Morgan fingerprint density at radius 2 is 1.41 bits per heavy atom. The molecule has 2 aliphatic carbocycles. The normalized spacial score (nSPS) is 20.8. The Kier molecular flexibility index (Phi) is 6.47. The average Bonchev–Trinajstić information content (AvgIpc) is 2.80. The molecule has 0 bridgehead atoms. The molecule has 0 spiro atoms. The van der Waals surface area contributed by atoms with Crippen LogP contribution in [0.5, 0.6) is 11.5 Å². The fourth-order valence-electron chi connectivity index (χ4n) is 5.95. The third kappa shape index (κ3) is 5.06. The van der Waals surface area contributed by atoms with Crippen molar-refractivity contribution in [2.24, 2.45) is 10.8 Å². The number of rotatable bonds is 5. The minimum absolute atomic E-state index is 0.106. The lowest BCUT2D eigenvalue weighted by Gasteiger charge is -2.44. The van der Waals surface area contributed by atoms with Crippen LogP contribution in [0.1, 0.15) is 70.4 Å². The Balaban J connectivity index is 1.55. The third-order valence-electron chi connectivity index (χ3n) is 7.55. The third-order valence-corrected chi connectivity index (χ3v) is 7.80. The zero-order chi connectivity index (χ0) is 26.5. The molecule has 5 rings (SSSR count). The van der Waals surface area contributed by atoms with Crippen LogP contribution in [-0.2, 0) is 16.2 Å². The first-order valence-electron chi connectivity index (χ1n) is 12.8. The molecule has 2 aromatic carbocycles. The molecule has 2 aromatic rings. The maximum atomic E-state index is 13.5. The molecule has 5 nitrogen and oxygen atoms in total. The van der Waals surface area contributed by atoms with Crippen LogP contribution in [0.15, 0.2) is 65.0 Å². The summed E-state index contributed by atoms with van der Waals surface area (Å²) in [7, 11) is 1.61. The maximum Gasteiger partial charge on any atom is 0.162 e. The monoisotopic (exact) mass is 519 g/mol. The van der Waals surface area contributed by atoms with E-state index in [1.165, 1.54) is 0 Å². The van der Waals surface area contributed by atoms with Gasteiger partial charge in [0.1, 0.15) is 6.61 Å². The van der Waals surface area contributed by atoms with Gasteiger partial charge in [0.15, 0.2) is 23.1 Å². The van der Waals surface area contributed by atoms with Crippen LogP contribution in [0.4, 0.5) is 0 Å². The van der Waals surface area contributed by atoms with Crippen LogP contribution in [0, 0.1) is 10.8 Å². The predicted octanol–water partition coefficient (Wildman–Crippen LogP) is 6.90. The second kappa shape index (κ2) is 9.36. The topological polar surface area (TPSA) is 64.6 Å². The highest BCUT2D eigenvalue weighted by Crippen LogP contribution is 2.51. The fraction of sp³-hybridized carbons (Fsp3) is 0.419. The zero-order valence-electron chi connectivity index (χ0n) is 22.2. The summed E-state index contributed by atoms with van der Waals surface area (Å²) in [5.74, 6) is 0.981. The molecule has 3 aliphatic rings. The second-order valence-corrected chi connectivity index (χ2v) is 12.5. The lowest BCUT2D eigenvalue weighted by atomic mass is 9.64. The molecule has 1 aliphatic heterocycles. The average molecular weight is 520 g/mol. The Bertz CT molecular complexity index is 1280. The number of halogens is 1. The van der Waals surface area contributed by atoms with Gasteiger partial charge in [0, 0.05) is 46.3 Å². The number of Topliss-reactive ketones (excluding diaryl/α,β-unsaturated/α-hetero) is 2. The Morgan fingerprint density at radius 3 is 1.95 bits per heavy atom. The van der Waals surface area contributed by atoms with E-state index in [2.05, 4.69) is 33.0 Å². The molecule has 0 saturated carbocycles. The Morgan fingerprint density at radius 1 is 0.838 bits per heavy atom. The highest BCUT2D eigenvalue weighted by atomic mass is 35.5. The molecule has 1 N–H and O–H groups in total. The van der Waals surface area contributed by atoms with Gasteiger partial charge in [0.2, 0.25) is 0 Å². The maximum absolute atomic E-state index is 13.5. The van der Waals surface area contributed by atoms with Gasteiger partial charge in [-0.3, -0.25) is 9.59 Å². The molecule has 194 valence electrons. The molecular formula is C31H34ClNO4. The summed E-state index contributed by atoms with van der Waals surface area (Å²) in [5.41, 5.74) is 4.97. The van der Waals surface area contributed by atoms with Crippen molar-refractivity contribution in [3.05, 3.63) is 81.2 Å². The Labute approximate surface area is 223 Å². The summed E-state index contributed by atoms with van der Waals surface area (Å²) in [5, 5.41) is 4.24. The lowest BCUT2D eigenvalue weighted by Crippen LogP contribution is -2.42. The number of ketones is 2. The minimum atomic E-state index is -0.405. The number of hydrogen-bond acceptors (Lipinski definition) is 5. The first kappa shape index (κ1) is 25.6. The number of carbonyl (C=O) groups excluding carboxylic acids is 2. The Hall–Kier alpha value is -3.05. The van der Waals surface area contributed by atoms with Crippen LogP contribution in [0.3, 0.4) is 0 Å². The highest BCUT2D eigenvalue weighted by molar-refractivity contribution is 6.30. The number of nitrogens with one attached hydrogen (secondary N) is 1. The molecule has 0 radical (unpaired) electrons. The molecule has 1 heterocycles. The molecular weight excluding hydrogens is 486 g/mol. The van der Waals surface area contributed by atoms with Crippen LogP contribution >= 0.6 is 11.6 Å². The van der Waals surface area contributed by atoms with Crippen LogP contribution in [-0.4, -0.2) is 18.7 Å². The zero-order valence-corrected chi connectivity index (χ0v) is 22.9. The molecule has 0 fully saturated rings. The van der Waals surface area contributed by atoms with Crippen LogP contribution < -0.4 is 14.8 Å². The van der Waals surface area contributed by atoms with Gasteiger partial charge < -0.3 is 14.8 Å². The van der Waals surface area contributed by atoms with E-state index in [4.69, 9.17) is 21.1 Å². The summed E-state index contributed by atoms with van der Waals surface area (Å²) in [4.78, 5) is 27.1. The van der Waals surface area contributed by atoms with Gasteiger partial charge in [-0.15, -0.1) is 0 Å². The first-order valence-corrected chi connectivity index (χ1v) is 13.2. The summed E-state index contributed by atoms with van der Waals surface area (Å²) < 4.78 is 11.8. The molecule has 0 aromatic heterocycles. The van der Waals surface area contributed by atoms with E-state index in [0.29, 0.717) is 36.0 Å². The van der Waals surface area contributed by atoms with Gasteiger partial charge in [0.05, 0.1) is 7.11 Å². The van der Waals surface area contributed by atoms with Crippen LogP contribution in [0.2, 0.25) is 5.02 Å². The van der Waals surface area contributed by atoms with Crippen molar-refractivity contribution in [2.45, 2.75) is 65.9 Å². The van der Waals surface area contributed by atoms with Crippen LogP contribution in [0.25, 0.3) is 0 Å². The summed E-state index contributed by atoms with van der Waals surface area (Å²) in [6.07, 6.45) is 2.47. The molecule has 37 heavy (non-hydrogen) atoms.